The van der Waals surface area contributed by atoms with Crippen molar-refractivity contribution in [3.05, 3.63) is 35.1 Å². The molecular weight excluding hydrogens is 536 g/mol. The zero-order valence-electron chi connectivity index (χ0n) is 19.4. The molecule has 1 aromatic carbocycles. The minimum absolute atomic E-state index is 0.0788. The van der Waals surface area contributed by atoms with Crippen LogP contribution in [0.1, 0.15) is 24.8 Å². The average Bonchev–Trinajstić information content (AvgIpc) is 2.97. The summed E-state index contributed by atoms with van der Waals surface area (Å²) in [7, 11) is 0. The highest BCUT2D eigenvalue weighted by Crippen LogP contribution is 2.26. The fourth-order valence-corrected chi connectivity index (χ4v) is 3.28. The molecular formula is C21H25F6N3O8. The van der Waals surface area contributed by atoms with Gasteiger partial charge >= 0.3 is 18.1 Å². The zero-order chi connectivity index (χ0) is 29.4. The average molecular weight is 561 g/mol. The molecule has 2 amide bonds. The summed E-state index contributed by atoms with van der Waals surface area (Å²) < 4.78 is 78.3. The van der Waals surface area contributed by atoms with Crippen LogP contribution < -0.4 is 11.1 Å². The number of amides is 2. The maximum Gasteiger partial charge on any atom is 0.391 e. The van der Waals surface area contributed by atoms with Crippen LogP contribution in [-0.4, -0.2) is 92.6 Å². The molecule has 0 bridgehead atoms. The molecule has 214 valence electrons. The van der Waals surface area contributed by atoms with Crippen LogP contribution in [0.25, 0.3) is 0 Å². The molecule has 1 fully saturated rings. The number of aliphatic hydroxyl groups is 2. The zero-order valence-corrected chi connectivity index (χ0v) is 19.4. The Kier molecular flexibility index (Phi) is 11.9. The molecule has 1 aliphatic heterocycles. The highest BCUT2D eigenvalue weighted by Gasteiger charge is 2.41. The highest BCUT2D eigenvalue weighted by molar-refractivity contribution is 5.88. The standard InChI is InChI=1S/C17H19F6N3O2.C4H6O6/c18-11-7-13(20)12(19)5-9(11)4-10(24)6-15(27)26-3-1-2-25-16(28)14(26)8-17(21,22)23;5-1(3(7)8)2(6)4(9)10/h5,7,10,14H,1-4,6,8,24H2,(H,25,28);1-2,5-6H,(H,7,8)(H,9,10)/t10-,14-;/m1./s1. The predicted molar refractivity (Wildman–Crippen MR) is 114 cm³/mol. The van der Waals surface area contributed by atoms with Crippen molar-refractivity contribution in [1.29, 1.82) is 0 Å². The van der Waals surface area contributed by atoms with Gasteiger partial charge in [0.05, 0.1) is 6.42 Å². The minimum atomic E-state index is -4.66. The summed E-state index contributed by atoms with van der Waals surface area (Å²) in [4.78, 5) is 44.8. The van der Waals surface area contributed by atoms with E-state index < -0.39 is 84.5 Å². The lowest BCUT2D eigenvalue weighted by Gasteiger charge is -2.30. The van der Waals surface area contributed by atoms with Gasteiger partial charge in [0, 0.05) is 31.6 Å². The number of aliphatic hydroxyl groups excluding tert-OH is 2. The third kappa shape index (κ3) is 10.1. The molecule has 1 saturated heterocycles. The SMILES string of the molecule is N[C@@H](CC(=O)N1CCCNC(=O)[C@H]1CC(F)(F)F)Cc1cc(F)c(F)cc1F.O=C(O)C(O)C(O)C(=O)O. The van der Waals surface area contributed by atoms with E-state index in [2.05, 4.69) is 5.32 Å². The van der Waals surface area contributed by atoms with Gasteiger partial charge in [0.1, 0.15) is 11.9 Å². The lowest BCUT2D eigenvalue weighted by Crippen LogP contribution is -2.50. The van der Waals surface area contributed by atoms with Crippen LogP contribution in [0.4, 0.5) is 26.3 Å². The summed E-state index contributed by atoms with van der Waals surface area (Å²) in [6.45, 7) is 0.0493. The van der Waals surface area contributed by atoms with E-state index in [0.717, 1.165) is 4.90 Å². The third-order valence-electron chi connectivity index (χ3n) is 5.11. The largest absolute Gasteiger partial charge is 0.479 e. The van der Waals surface area contributed by atoms with E-state index >= 15 is 0 Å². The molecule has 2 rings (SSSR count). The van der Waals surface area contributed by atoms with Crippen LogP contribution in [0.15, 0.2) is 12.1 Å². The van der Waals surface area contributed by atoms with Crippen molar-refractivity contribution < 1.29 is 65.9 Å². The number of halogens is 6. The molecule has 0 aliphatic carbocycles. The number of benzene rings is 1. The van der Waals surface area contributed by atoms with E-state index in [1.807, 2.05) is 0 Å². The Hall–Kier alpha value is -3.44. The second-order valence-corrected chi connectivity index (χ2v) is 8.16. The van der Waals surface area contributed by atoms with E-state index in [4.69, 9.17) is 26.2 Å². The number of nitrogens with zero attached hydrogens (tertiary/aromatic N) is 1. The lowest BCUT2D eigenvalue weighted by molar-refractivity contribution is -0.165. The molecule has 17 heteroatoms. The first-order chi connectivity index (χ1) is 17.4. The fourth-order valence-electron chi connectivity index (χ4n) is 3.28. The van der Waals surface area contributed by atoms with Crippen molar-refractivity contribution in [2.45, 2.75) is 56.2 Å². The van der Waals surface area contributed by atoms with Gasteiger partial charge in [-0.05, 0) is 24.5 Å². The molecule has 2 unspecified atom stereocenters. The molecule has 0 radical (unpaired) electrons. The molecule has 38 heavy (non-hydrogen) atoms. The molecule has 0 spiro atoms. The minimum Gasteiger partial charge on any atom is -0.479 e. The van der Waals surface area contributed by atoms with Gasteiger partial charge in [0.2, 0.25) is 11.8 Å². The van der Waals surface area contributed by atoms with Crippen molar-refractivity contribution in [3.63, 3.8) is 0 Å². The van der Waals surface area contributed by atoms with Gasteiger partial charge in [-0.1, -0.05) is 0 Å². The first-order valence-corrected chi connectivity index (χ1v) is 10.8. The monoisotopic (exact) mass is 561 g/mol. The van der Waals surface area contributed by atoms with E-state index in [1.54, 1.807) is 0 Å². The number of aliphatic carboxylic acids is 2. The predicted octanol–water partition coefficient (Wildman–Crippen LogP) is -0.0893. The van der Waals surface area contributed by atoms with Gasteiger partial charge in [-0.25, -0.2) is 22.8 Å². The normalized spacial score (nSPS) is 18.3. The first kappa shape index (κ1) is 32.6. The van der Waals surface area contributed by atoms with Crippen molar-refractivity contribution in [1.82, 2.24) is 10.2 Å². The number of hydrogen-bond donors (Lipinski definition) is 6. The number of rotatable bonds is 8. The number of carboxylic acid groups (broad SMARTS) is 2. The maximum atomic E-state index is 13.7. The van der Waals surface area contributed by atoms with Crippen molar-refractivity contribution in [3.8, 4) is 0 Å². The van der Waals surface area contributed by atoms with Crippen molar-refractivity contribution in [2.75, 3.05) is 13.1 Å². The molecule has 0 aromatic heterocycles. The number of carbonyl (C=O) groups is 4. The summed E-state index contributed by atoms with van der Waals surface area (Å²) >= 11 is 0. The molecule has 0 saturated carbocycles. The summed E-state index contributed by atoms with van der Waals surface area (Å²) in [5, 5.41) is 34.8. The van der Waals surface area contributed by atoms with Crippen LogP contribution in [0.2, 0.25) is 0 Å². The summed E-state index contributed by atoms with van der Waals surface area (Å²) in [5.74, 6) is -8.97. The van der Waals surface area contributed by atoms with Gasteiger partial charge in [-0.3, -0.25) is 9.59 Å². The Morgan fingerprint density at radius 3 is 2.05 bits per heavy atom. The highest BCUT2D eigenvalue weighted by atomic mass is 19.4. The third-order valence-corrected chi connectivity index (χ3v) is 5.11. The maximum absolute atomic E-state index is 13.7. The first-order valence-electron chi connectivity index (χ1n) is 10.8. The van der Waals surface area contributed by atoms with E-state index in [1.165, 1.54) is 0 Å². The van der Waals surface area contributed by atoms with Crippen LogP contribution in [0, 0.1) is 17.5 Å². The van der Waals surface area contributed by atoms with Crippen molar-refractivity contribution >= 4 is 23.8 Å². The Balaban J connectivity index is 0.000000612. The van der Waals surface area contributed by atoms with E-state index in [9.17, 15) is 45.5 Å². The Bertz CT molecular complexity index is 1010. The lowest BCUT2D eigenvalue weighted by atomic mass is 10.0. The quantitative estimate of drug-likeness (QED) is 0.186. The van der Waals surface area contributed by atoms with Crippen molar-refractivity contribution in [2.24, 2.45) is 5.73 Å². The number of hydrogen-bond acceptors (Lipinski definition) is 7. The smallest absolute Gasteiger partial charge is 0.391 e. The molecule has 1 aliphatic rings. The molecule has 1 heterocycles. The van der Waals surface area contributed by atoms with Gasteiger partial charge in [0.25, 0.3) is 0 Å². The van der Waals surface area contributed by atoms with Crippen LogP contribution >= 0.6 is 0 Å². The number of nitrogens with two attached hydrogens (primary N) is 1. The number of alkyl halides is 3. The Labute approximate surface area is 210 Å². The molecule has 7 N–H and O–H groups in total. The van der Waals surface area contributed by atoms with Gasteiger partial charge in [-0.15, -0.1) is 0 Å². The van der Waals surface area contributed by atoms with Crippen LogP contribution in [0.5, 0.6) is 0 Å². The topological polar surface area (TPSA) is 190 Å². The molecule has 1 aromatic rings. The molecule has 11 nitrogen and oxygen atoms in total. The Morgan fingerprint density at radius 1 is 1.03 bits per heavy atom. The van der Waals surface area contributed by atoms with Crippen LogP contribution in [-0.2, 0) is 25.6 Å². The van der Waals surface area contributed by atoms with Gasteiger partial charge < -0.3 is 36.4 Å². The number of nitrogens with one attached hydrogen (secondary N) is 1. The second kappa shape index (κ2) is 13.9. The summed E-state index contributed by atoms with van der Waals surface area (Å²) in [6, 6.07) is -1.83. The second-order valence-electron chi connectivity index (χ2n) is 8.16. The van der Waals surface area contributed by atoms with Gasteiger partial charge in [-0.2, -0.15) is 13.2 Å². The number of carbonyl (C=O) groups excluding carboxylic acids is 2. The number of carboxylic acids is 2. The van der Waals surface area contributed by atoms with E-state index in [-0.39, 0.29) is 31.5 Å². The Morgan fingerprint density at radius 2 is 1.55 bits per heavy atom. The van der Waals surface area contributed by atoms with E-state index in [0.29, 0.717) is 12.1 Å². The van der Waals surface area contributed by atoms with Gasteiger partial charge in [0.15, 0.2) is 23.8 Å². The summed E-state index contributed by atoms with van der Waals surface area (Å²) in [6.07, 6.45) is -11.3. The fraction of sp³-hybridized carbons (Fsp3) is 0.524. The van der Waals surface area contributed by atoms with Crippen LogP contribution in [0.3, 0.4) is 0 Å². The molecule has 4 atom stereocenters. The summed E-state index contributed by atoms with van der Waals surface area (Å²) in [5.41, 5.74) is 5.50.